The van der Waals surface area contributed by atoms with Crippen LogP contribution in [0.4, 0.5) is 10.5 Å². The Morgan fingerprint density at radius 1 is 1.11 bits per heavy atom. The topological polar surface area (TPSA) is 50.9 Å². The number of carbonyl (C=O) groups is 1. The van der Waals surface area contributed by atoms with Gasteiger partial charge in [-0.1, -0.05) is 18.2 Å². The quantitative estimate of drug-likeness (QED) is 0.831. The Hall–Kier alpha value is -1.55. The number of fused-ring (bicyclic) bond motifs is 1. The first kappa shape index (κ1) is 12.5. The monoisotopic (exact) mass is 261 g/mol. The van der Waals surface area contributed by atoms with Gasteiger partial charge in [0.05, 0.1) is 12.2 Å². The van der Waals surface area contributed by atoms with Crippen molar-refractivity contribution < 1.29 is 14.3 Å². The van der Waals surface area contributed by atoms with Crippen molar-refractivity contribution in [2.75, 3.05) is 5.32 Å². The van der Waals surface area contributed by atoms with Gasteiger partial charge in [0.25, 0.3) is 0 Å². The molecule has 1 aliphatic carbocycles. The molecule has 1 heterocycles. The number of epoxide rings is 1. The lowest BCUT2D eigenvalue weighted by atomic mass is 9.99. The number of nitrogens with one attached hydrogen (secondary N) is 1. The third-order valence-corrected chi connectivity index (χ3v) is 3.77. The lowest BCUT2D eigenvalue weighted by Gasteiger charge is -2.19. The molecule has 0 aromatic heterocycles. The first-order valence-electron chi connectivity index (χ1n) is 6.99. The van der Waals surface area contributed by atoms with Crippen LogP contribution in [0.25, 0.3) is 0 Å². The van der Waals surface area contributed by atoms with Gasteiger partial charge in [-0.2, -0.15) is 0 Å². The van der Waals surface area contributed by atoms with E-state index in [-0.39, 0.29) is 12.2 Å². The van der Waals surface area contributed by atoms with Crippen molar-refractivity contribution in [1.82, 2.24) is 0 Å². The van der Waals surface area contributed by atoms with E-state index in [2.05, 4.69) is 5.32 Å². The maximum Gasteiger partial charge on any atom is 0.411 e. The SMILES string of the molecule is O=C(Nc1ccccc1)O[C@@H]1CCC[C@H]2O[C@H]2CC1. The van der Waals surface area contributed by atoms with Crippen molar-refractivity contribution in [3.63, 3.8) is 0 Å². The van der Waals surface area contributed by atoms with Crippen LogP contribution in [0.5, 0.6) is 0 Å². The van der Waals surface area contributed by atoms with Gasteiger partial charge in [-0.3, -0.25) is 5.32 Å². The molecule has 1 aromatic rings. The number of carbonyl (C=O) groups excluding carboxylic acids is 1. The molecule has 3 rings (SSSR count). The van der Waals surface area contributed by atoms with Crippen molar-refractivity contribution in [2.45, 2.75) is 50.4 Å². The van der Waals surface area contributed by atoms with E-state index >= 15 is 0 Å². The maximum atomic E-state index is 11.8. The maximum absolute atomic E-state index is 11.8. The fourth-order valence-electron chi connectivity index (χ4n) is 2.67. The van der Waals surface area contributed by atoms with Crippen molar-refractivity contribution in [2.24, 2.45) is 0 Å². The van der Waals surface area contributed by atoms with Gasteiger partial charge in [-0.15, -0.1) is 0 Å². The van der Waals surface area contributed by atoms with E-state index in [1.807, 2.05) is 30.3 Å². The summed E-state index contributed by atoms with van der Waals surface area (Å²) < 4.78 is 11.0. The number of rotatable bonds is 2. The minimum Gasteiger partial charge on any atom is -0.446 e. The number of amides is 1. The van der Waals surface area contributed by atoms with Gasteiger partial charge in [0, 0.05) is 5.69 Å². The van der Waals surface area contributed by atoms with Gasteiger partial charge in [-0.05, 0) is 44.2 Å². The van der Waals surface area contributed by atoms with Crippen LogP contribution < -0.4 is 5.32 Å². The van der Waals surface area contributed by atoms with Gasteiger partial charge in [0.15, 0.2) is 0 Å². The summed E-state index contributed by atoms with van der Waals surface area (Å²) in [4.78, 5) is 11.8. The molecule has 1 aromatic carbocycles. The third kappa shape index (κ3) is 3.47. The summed E-state index contributed by atoms with van der Waals surface area (Å²) >= 11 is 0. The van der Waals surface area contributed by atoms with Crippen molar-refractivity contribution in [3.8, 4) is 0 Å². The highest BCUT2D eigenvalue weighted by molar-refractivity contribution is 5.84. The average Bonchev–Trinajstić information content (AvgIpc) is 3.12. The molecule has 102 valence electrons. The van der Waals surface area contributed by atoms with Gasteiger partial charge < -0.3 is 9.47 Å². The summed E-state index contributed by atoms with van der Waals surface area (Å²) in [5, 5.41) is 2.75. The molecular formula is C15H19NO3. The zero-order valence-corrected chi connectivity index (χ0v) is 10.9. The van der Waals surface area contributed by atoms with Crippen LogP contribution in [-0.2, 0) is 9.47 Å². The summed E-state index contributed by atoms with van der Waals surface area (Å²) in [5.74, 6) is 0. The largest absolute Gasteiger partial charge is 0.446 e. The molecule has 0 radical (unpaired) electrons. The number of hydrogen-bond donors (Lipinski definition) is 1. The molecular weight excluding hydrogens is 242 g/mol. The van der Waals surface area contributed by atoms with Crippen molar-refractivity contribution >= 4 is 11.8 Å². The van der Waals surface area contributed by atoms with Crippen LogP contribution in [0, 0.1) is 0 Å². The van der Waals surface area contributed by atoms with Gasteiger partial charge in [0.2, 0.25) is 0 Å². The summed E-state index contributed by atoms with van der Waals surface area (Å²) in [6.07, 6.45) is 5.60. The molecule has 3 atom stereocenters. The summed E-state index contributed by atoms with van der Waals surface area (Å²) in [6.45, 7) is 0. The zero-order valence-electron chi connectivity index (χ0n) is 10.9. The number of hydrogen-bond acceptors (Lipinski definition) is 3. The number of benzene rings is 1. The second-order valence-electron chi connectivity index (χ2n) is 5.24. The van der Waals surface area contributed by atoms with Crippen molar-refractivity contribution in [1.29, 1.82) is 0 Å². The predicted octanol–water partition coefficient (Wildman–Crippen LogP) is 3.34. The Morgan fingerprint density at radius 3 is 2.74 bits per heavy atom. The van der Waals surface area contributed by atoms with Crippen LogP contribution in [0.1, 0.15) is 32.1 Å². The highest BCUT2D eigenvalue weighted by atomic mass is 16.6. The molecule has 2 aliphatic rings. The highest BCUT2D eigenvalue weighted by Gasteiger charge is 2.39. The minimum atomic E-state index is -0.356. The molecule has 0 bridgehead atoms. The first-order chi connectivity index (χ1) is 9.31. The second-order valence-corrected chi connectivity index (χ2v) is 5.24. The average molecular weight is 261 g/mol. The molecule has 0 unspecified atom stereocenters. The molecule has 0 spiro atoms. The van der Waals surface area contributed by atoms with Gasteiger partial charge >= 0.3 is 6.09 Å². The minimum absolute atomic E-state index is 0.0221. The molecule has 1 N–H and O–H groups in total. The Balaban J connectivity index is 1.48. The van der Waals surface area contributed by atoms with Crippen LogP contribution >= 0.6 is 0 Å². The smallest absolute Gasteiger partial charge is 0.411 e. The van der Waals surface area contributed by atoms with Crippen molar-refractivity contribution in [3.05, 3.63) is 30.3 Å². The van der Waals surface area contributed by atoms with E-state index in [0.717, 1.165) is 37.8 Å². The molecule has 1 saturated heterocycles. The number of ether oxygens (including phenoxy) is 2. The summed E-state index contributed by atoms with van der Waals surface area (Å²) in [5.41, 5.74) is 0.768. The first-order valence-corrected chi connectivity index (χ1v) is 6.99. The van der Waals surface area contributed by atoms with E-state index in [1.54, 1.807) is 0 Å². The second kappa shape index (κ2) is 5.61. The molecule has 19 heavy (non-hydrogen) atoms. The van der Waals surface area contributed by atoms with Crippen LogP contribution in [-0.4, -0.2) is 24.4 Å². The Labute approximate surface area is 113 Å². The Kier molecular flexibility index (Phi) is 3.69. The van der Waals surface area contributed by atoms with Crippen LogP contribution in [0.2, 0.25) is 0 Å². The standard InChI is InChI=1S/C15H19NO3/c17-15(16-11-5-2-1-3-6-11)18-12-7-4-8-13-14(19-13)10-9-12/h1-3,5-6,12-14H,4,7-10H2,(H,16,17)/t12-,13-,14+/m1/s1. The number of para-hydroxylation sites is 1. The summed E-state index contributed by atoms with van der Waals surface area (Å²) in [7, 11) is 0. The van der Waals surface area contributed by atoms with E-state index in [1.165, 1.54) is 0 Å². The highest BCUT2D eigenvalue weighted by Crippen LogP contribution is 2.34. The van der Waals surface area contributed by atoms with E-state index in [4.69, 9.17) is 9.47 Å². The Morgan fingerprint density at radius 2 is 1.89 bits per heavy atom. The normalized spacial score (nSPS) is 29.6. The molecule has 1 aliphatic heterocycles. The van der Waals surface area contributed by atoms with E-state index in [0.29, 0.717) is 12.2 Å². The third-order valence-electron chi connectivity index (χ3n) is 3.77. The molecule has 2 fully saturated rings. The summed E-state index contributed by atoms with van der Waals surface area (Å²) in [6, 6.07) is 9.38. The lowest BCUT2D eigenvalue weighted by molar-refractivity contribution is 0.0946. The lowest BCUT2D eigenvalue weighted by Crippen LogP contribution is -2.24. The molecule has 1 amide bonds. The van der Waals surface area contributed by atoms with Gasteiger partial charge in [-0.25, -0.2) is 4.79 Å². The Bertz CT molecular complexity index is 434. The van der Waals surface area contributed by atoms with Crippen LogP contribution in [0.15, 0.2) is 30.3 Å². The van der Waals surface area contributed by atoms with Crippen LogP contribution in [0.3, 0.4) is 0 Å². The zero-order chi connectivity index (χ0) is 13.1. The molecule has 4 nitrogen and oxygen atoms in total. The predicted molar refractivity (Wildman–Crippen MR) is 72.1 cm³/mol. The molecule has 4 heteroatoms. The fourth-order valence-corrected chi connectivity index (χ4v) is 2.67. The van der Waals surface area contributed by atoms with E-state index in [9.17, 15) is 4.79 Å². The fraction of sp³-hybridized carbons (Fsp3) is 0.533. The van der Waals surface area contributed by atoms with E-state index < -0.39 is 0 Å². The number of anilines is 1. The molecule has 1 saturated carbocycles. The van der Waals surface area contributed by atoms with Gasteiger partial charge in [0.1, 0.15) is 6.10 Å².